The fourth-order valence-corrected chi connectivity index (χ4v) is 1.69. The van der Waals surface area contributed by atoms with E-state index in [4.69, 9.17) is 27.9 Å². The van der Waals surface area contributed by atoms with Crippen molar-refractivity contribution < 1.29 is 9.53 Å². The maximum absolute atomic E-state index is 11.4. The molecule has 0 aromatic heterocycles. The molecule has 1 aromatic carbocycles. The van der Waals surface area contributed by atoms with Crippen LogP contribution in [0.25, 0.3) is 0 Å². The molecule has 0 aliphatic heterocycles. The highest BCUT2D eigenvalue weighted by atomic mass is 35.5. The van der Waals surface area contributed by atoms with Crippen LogP contribution in [0.3, 0.4) is 0 Å². The first-order chi connectivity index (χ1) is 7.47. The first-order valence-corrected chi connectivity index (χ1v) is 5.87. The summed E-state index contributed by atoms with van der Waals surface area (Å²) in [5, 5.41) is 1.05. The van der Waals surface area contributed by atoms with Gasteiger partial charge < -0.3 is 4.74 Å². The fraction of sp³-hybridized carbons (Fsp3) is 0.417. The molecule has 1 rings (SSSR count). The summed E-state index contributed by atoms with van der Waals surface area (Å²) in [7, 11) is 0. The predicted octanol–water partition coefficient (Wildman–Crippen LogP) is 4.05. The molecule has 1 atom stereocenters. The number of halogens is 2. The third-order valence-electron chi connectivity index (χ3n) is 2.39. The molecule has 88 valence electrons. The van der Waals surface area contributed by atoms with Gasteiger partial charge in [0.05, 0.1) is 5.02 Å². The molecule has 1 unspecified atom stereocenters. The lowest BCUT2D eigenvalue weighted by Gasteiger charge is -2.15. The van der Waals surface area contributed by atoms with E-state index in [-0.39, 0.29) is 5.78 Å². The van der Waals surface area contributed by atoms with Gasteiger partial charge in [0.15, 0.2) is 11.9 Å². The molecular formula is C12H14Cl2O2. The average molecular weight is 261 g/mol. The van der Waals surface area contributed by atoms with Gasteiger partial charge in [0, 0.05) is 11.4 Å². The van der Waals surface area contributed by atoms with Crippen LogP contribution in [0.1, 0.15) is 25.8 Å². The summed E-state index contributed by atoms with van der Waals surface area (Å²) in [6.45, 7) is 5.33. The predicted molar refractivity (Wildman–Crippen MR) is 66.6 cm³/mol. The van der Waals surface area contributed by atoms with E-state index in [9.17, 15) is 4.79 Å². The molecule has 0 saturated heterocycles. The first kappa shape index (κ1) is 13.3. The smallest absolute Gasteiger partial charge is 0.172 e. The van der Waals surface area contributed by atoms with Crippen molar-refractivity contribution in [3.05, 3.63) is 27.7 Å². The van der Waals surface area contributed by atoms with Crippen LogP contribution >= 0.6 is 23.2 Å². The Balaban J connectivity index is 2.90. The molecular weight excluding hydrogens is 247 g/mol. The SMILES string of the molecule is CCC(=O)C(C)Oc1ccc(Cl)c(C)c1Cl. The highest BCUT2D eigenvalue weighted by Crippen LogP contribution is 2.33. The van der Waals surface area contributed by atoms with Crippen molar-refractivity contribution in [1.29, 1.82) is 0 Å². The Morgan fingerprint density at radius 1 is 1.44 bits per heavy atom. The molecule has 0 fully saturated rings. The normalized spacial score (nSPS) is 12.3. The van der Waals surface area contributed by atoms with Crippen molar-refractivity contribution in [3.8, 4) is 5.75 Å². The van der Waals surface area contributed by atoms with Crippen molar-refractivity contribution in [1.82, 2.24) is 0 Å². The van der Waals surface area contributed by atoms with Crippen LogP contribution < -0.4 is 4.74 Å². The van der Waals surface area contributed by atoms with Gasteiger partial charge in [-0.25, -0.2) is 0 Å². The van der Waals surface area contributed by atoms with Crippen molar-refractivity contribution in [2.24, 2.45) is 0 Å². The van der Waals surface area contributed by atoms with E-state index < -0.39 is 6.10 Å². The van der Waals surface area contributed by atoms with Gasteiger partial charge in [-0.2, -0.15) is 0 Å². The van der Waals surface area contributed by atoms with Crippen LogP contribution in [0.4, 0.5) is 0 Å². The van der Waals surface area contributed by atoms with Gasteiger partial charge in [-0.05, 0) is 31.5 Å². The summed E-state index contributed by atoms with van der Waals surface area (Å²) in [6, 6.07) is 3.39. The van der Waals surface area contributed by atoms with Gasteiger partial charge in [-0.1, -0.05) is 30.1 Å². The Labute approximate surface area is 106 Å². The third kappa shape index (κ3) is 2.89. The maximum atomic E-state index is 11.4. The summed E-state index contributed by atoms with van der Waals surface area (Å²) in [6.07, 6.45) is -0.0335. The van der Waals surface area contributed by atoms with Gasteiger partial charge in [0.25, 0.3) is 0 Å². The minimum Gasteiger partial charge on any atom is -0.481 e. The van der Waals surface area contributed by atoms with E-state index >= 15 is 0 Å². The van der Waals surface area contributed by atoms with Crippen LogP contribution in [-0.4, -0.2) is 11.9 Å². The van der Waals surface area contributed by atoms with E-state index in [1.165, 1.54) is 0 Å². The Morgan fingerprint density at radius 2 is 2.06 bits per heavy atom. The minimum absolute atomic E-state index is 0.0451. The number of hydrogen-bond acceptors (Lipinski definition) is 2. The topological polar surface area (TPSA) is 26.3 Å². The van der Waals surface area contributed by atoms with Crippen molar-refractivity contribution in [3.63, 3.8) is 0 Å². The second kappa shape index (κ2) is 5.55. The minimum atomic E-state index is -0.483. The summed E-state index contributed by atoms with van der Waals surface area (Å²) >= 11 is 12.0. The van der Waals surface area contributed by atoms with Crippen LogP contribution in [0, 0.1) is 6.92 Å². The first-order valence-electron chi connectivity index (χ1n) is 5.11. The zero-order valence-corrected chi connectivity index (χ0v) is 11.0. The third-order valence-corrected chi connectivity index (χ3v) is 3.27. The zero-order valence-electron chi connectivity index (χ0n) is 9.51. The van der Waals surface area contributed by atoms with Crippen LogP contribution in [0.5, 0.6) is 5.75 Å². The molecule has 0 radical (unpaired) electrons. The summed E-state index contributed by atoms with van der Waals surface area (Å²) < 4.78 is 5.49. The van der Waals surface area contributed by atoms with Crippen LogP contribution in [0.2, 0.25) is 10.0 Å². The van der Waals surface area contributed by atoms with Crippen LogP contribution in [0.15, 0.2) is 12.1 Å². The maximum Gasteiger partial charge on any atom is 0.172 e. The summed E-state index contributed by atoms with van der Waals surface area (Å²) in [5.41, 5.74) is 0.761. The molecule has 4 heteroatoms. The molecule has 0 N–H and O–H groups in total. The number of carbonyl (C=O) groups is 1. The van der Waals surface area contributed by atoms with Gasteiger partial charge in [0.2, 0.25) is 0 Å². The molecule has 2 nitrogen and oxygen atoms in total. The van der Waals surface area contributed by atoms with Crippen LogP contribution in [-0.2, 0) is 4.79 Å². The summed E-state index contributed by atoms with van der Waals surface area (Å²) in [4.78, 5) is 11.4. The number of carbonyl (C=O) groups excluding carboxylic acids is 1. The second-order valence-corrected chi connectivity index (χ2v) is 4.35. The highest BCUT2D eigenvalue weighted by molar-refractivity contribution is 6.36. The molecule has 0 saturated carbocycles. The van der Waals surface area contributed by atoms with E-state index in [0.29, 0.717) is 22.2 Å². The standard InChI is InChI=1S/C12H14Cl2O2/c1-4-10(15)8(3)16-11-6-5-9(13)7(2)12(11)14/h5-6,8H,4H2,1-3H3. The molecule has 0 spiro atoms. The van der Waals surface area contributed by atoms with Crippen molar-refractivity contribution >= 4 is 29.0 Å². The monoisotopic (exact) mass is 260 g/mol. The number of benzene rings is 1. The lowest BCUT2D eigenvalue weighted by Crippen LogP contribution is -2.22. The largest absolute Gasteiger partial charge is 0.481 e. The molecule has 0 bridgehead atoms. The van der Waals surface area contributed by atoms with Crippen molar-refractivity contribution in [2.75, 3.05) is 0 Å². The lowest BCUT2D eigenvalue weighted by molar-refractivity contribution is -0.124. The zero-order chi connectivity index (χ0) is 12.3. The molecule has 0 aliphatic carbocycles. The van der Waals surface area contributed by atoms with Gasteiger partial charge in [0.1, 0.15) is 5.75 Å². The second-order valence-electron chi connectivity index (χ2n) is 3.56. The molecule has 1 aromatic rings. The van der Waals surface area contributed by atoms with E-state index in [1.54, 1.807) is 26.0 Å². The van der Waals surface area contributed by atoms with Gasteiger partial charge in [-0.3, -0.25) is 4.79 Å². The molecule has 0 heterocycles. The molecule has 16 heavy (non-hydrogen) atoms. The molecule has 0 amide bonds. The number of hydrogen-bond donors (Lipinski definition) is 0. The Kier molecular flexibility index (Phi) is 4.63. The Hall–Kier alpha value is -0.730. The van der Waals surface area contributed by atoms with E-state index in [2.05, 4.69) is 0 Å². The van der Waals surface area contributed by atoms with Gasteiger partial charge >= 0.3 is 0 Å². The number of ether oxygens (including phenoxy) is 1. The van der Waals surface area contributed by atoms with Crippen molar-refractivity contribution in [2.45, 2.75) is 33.3 Å². The number of Topliss-reactive ketones (excluding diaryl/α,β-unsaturated/α-hetero) is 1. The summed E-state index contributed by atoms with van der Waals surface area (Å²) in [5.74, 6) is 0.543. The number of ketones is 1. The number of rotatable bonds is 4. The lowest BCUT2D eigenvalue weighted by atomic mass is 10.2. The Bertz CT molecular complexity index is 402. The quantitative estimate of drug-likeness (QED) is 0.817. The average Bonchev–Trinajstić information content (AvgIpc) is 2.28. The van der Waals surface area contributed by atoms with E-state index in [1.807, 2.05) is 6.92 Å². The highest BCUT2D eigenvalue weighted by Gasteiger charge is 2.15. The fourth-order valence-electron chi connectivity index (χ4n) is 1.27. The van der Waals surface area contributed by atoms with Gasteiger partial charge in [-0.15, -0.1) is 0 Å². The Morgan fingerprint density at radius 3 is 2.62 bits per heavy atom. The molecule has 0 aliphatic rings. The van der Waals surface area contributed by atoms with E-state index in [0.717, 1.165) is 5.56 Å².